The Hall–Kier alpha value is -1.72. The summed E-state index contributed by atoms with van der Waals surface area (Å²) in [5.74, 6) is 2.12. The van der Waals surface area contributed by atoms with E-state index in [1.165, 1.54) is 6.33 Å². The first-order valence-corrected chi connectivity index (χ1v) is 8.37. The van der Waals surface area contributed by atoms with Gasteiger partial charge in [-0.05, 0) is 37.0 Å². The van der Waals surface area contributed by atoms with Crippen molar-refractivity contribution in [3.8, 4) is 0 Å². The summed E-state index contributed by atoms with van der Waals surface area (Å²) in [5.41, 5.74) is 7.61. The van der Waals surface area contributed by atoms with Crippen LogP contribution in [0.25, 0.3) is 0 Å². The number of nitrogens with one attached hydrogen (secondary N) is 1. The van der Waals surface area contributed by atoms with Crippen molar-refractivity contribution in [1.29, 1.82) is 0 Å². The van der Waals surface area contributed by atoms with Gasteiger partial charge in [0.25, 0.3) is 0 Å². The monoisotopic (exact) mass is 351 g/mol. The molecule has 1 aliphatic heterocycles. The Morgan fingerprint density at radius 3 is 2.61 bits per heavy atom. The summed E-state index contributed by atoms with van der Waals surface area (Å²) in [6.07, 6.45) is 3.83. The fourth-order valence-corrected chi connectivity index (χ4v) is 2.97. The van der Waals surface area contributed by atoms with Crippen LogP contribution in [0, 0.1) is 5.92 Å². The number of hydrogen-bond acceptors (Lipinski definition) is 5. The molecule has 5 nitrogen and oxygen atoms in total. The van der Waals surface area contributed by atoms with Crippen molar-refractivity contribution in [2.24, 2.45) is 5.92 Å². The summed E-state index contributed by atoms with van der Waals surface area (Å²) in [7, 11) is 0. The molecule has 1 aliphatic rings. The Morgan fingerprint density at radius 2 is 1.91 bits per heavy atom. The highest BCUT2D eigenvalue weighted by Gasteiger charge is 2.20. The van der Waals surface area contributed by atoms with Gasteiger partial charge >= 0.3 is 0 Å². The number of anilines is 4. The van der Waals surface area contributed by atoms with E-state index in [0.29, 0.717) is 21.6 Å². The van der Waals surface area contributed by atoms with E-state index in [2.05, 4.69) is 27.1 Å². The molecular formula is C16H19Cl2N5. The third-order valence-electron chi connectivity index (χ3n) is 4.13. The quantitative estimate of drug-likeness (QED) is 0.860. The predicted octanol–water partition coefficient (Wildman–Crippen LogP) is 4.35. The van der Waals surface area contributed by atoms with Crippen LogP contribution in [-0.4, -0.2) is 23.1 Å². The van der Waals surface area contributed by atoms with Gasteiger partial charge in [-0.3, -0.25) is 0 Å². The highest BCUT2D eigenvalue weighted by Crippen LogP contribution is 2.32. The van der Waals surface area contributed by atoms with Gasteiger partial charge in [-0.2, -0.15) is 0 Å². The second-order valence-corrected chi connectivity index (χ2v) is 6.70. The van der Waals surface area contributed by atoms with Crippen LogP contribution in [0.15, 0.2) is 24.5 Å². The lowest BCUT2D eigenvalue weighted by atomic mass is 9.99. The molecule has 3 N–H and O–H groups in total. The van der Waals surface area contributed by atoms with Crippen molar-refractivity contribution in [3.05, 3.63) is 34.6 Å². The molecular weight excluding hydrogens is 333 g/mol. The van der Waals surface area contributed by atoms with Gasteiger partial charge in [-0.25, -0.2) is 9.97 Å². The normalized spacial score (nSPS) is 15.7. The number of nitrogen functional groups attached to an aromatic ring is 1. The molecule has 0 aliphatic carbocycles. The summed E-state index contributed by atoms with van der Waals surface area (Å²) in [6.45, 7) is 4.21. The Bertz CT molecular complexity index is 699. The van der Waals surface area contributed by atoms with Gasteiger partial charge in [-0.1, -0.05) is 30.1 Å². The summed E-state index contributed by atoms with van der Waals surface area (Å²) in [4.78, 5) is 10.8. The molecule has 0 radical (unpaired) electrons. The topological polar surface area (TPSA) is 67.1 Å². The zero-order valence-electron chi connectivity index (χ0n) is 12.9. The third kappa shape index (κ3) is 3.62. The first-order chi connectivity index (χ1) is 11.0. The molecule has 1 saturated heterocycles. The predicted molar refractivity (Wildman–Crippen MR) is 96.8 cm³/mol. The molecule has 0 spiro atoms. The van der Waals surface area contributed by atoms with E-state index in [4.69, 9.17) is 28.9 Å². The zero-order chi connectivity index (χ0) is 16.4. The van der Waals surface area contributed by atoms with Crippen molar-refractivity contribution in [3.63, 3.8) is 0 Å². The van der Waals surface area contributed by atoms with Crippen LogP contribution in [-0.2, 0) is 0 Å². The second-order valence-electron chi connectivity index (χ2n) is 5.88. The van der Waals surface area contributed by atoms with Crippen LogP contribution in [0.2, 0.25) is 10.0 Å². The number of halogens is 2. The molecule has 3 rings (SSSR count). The van der Waals surface area contributed by atoms with Crippen LogP contribution in [0.3, 0.4) is 0 Å². The molecule has 2 heterocycles. The average Bonchev–Trinajstić information content (AvgIpc) is 2.54. The van der Waals surface area contributed by atoms with E-state index >= 15 is 0 Å². The van der Waals surface area contributed by atoms with Crippen LogP contribution in [0.4, 0.5) is 23.0 Å². The summed E-state index contributed by atoms with van der Waals surface area (Å²) < 4.78 is 0. The number of nitrogens with zero attached hydrogens (tertiary/aromatic N) is 3. The van der Waals surface area contributed by atoms with Crippen molar-refractivity contribution in [1.82, 2.24) is 9.97 Å². The average molecular weight is 352 g/mol. The summed E-state index contributed by atoms with van der Waals surface area (Å²) in [5, 5.41) is 4.17. The highest BCUT2D eigenvalue weighted by molar-refractivity contribution is 6.42. The molecule has 122 valence electrons. The molecule has 1 fully saturated rings. The maximum absolute atomic E-state index is 6.28. The van der Waals surface area contributed by atoms with Gasteiger partial charge < -0.3 is 16.0 Å². The van der Waals surface area contributed by atoms with Crippen LogP contribution in [0.1, 0.15) is 19.8 Å². The van der Waals surface area contributed by atoms with Crippen molar-refractivity contribution in [2.75, 3.05) is 29.0 Å². The number of hydrogen-bond donors (Lipinski definition) is 2. The fraction of sp³-hybridized carbons (Fsp3) is 0.375. The molecule has 1 aromatic heterocycles. The van der Waals surface area contributed by atoms with E-state index < -0.39 is 0 Å². The van der Waals surface area contributed by atoms with Gasteiger partial charge in [-0.15, -0.1) is 0 Å². The van der Waals surface area contributed by atoms with E-state index in [9.17, 15) is 0 Å². The maximum Gasteiger partial charge on any atom is 0.159 e. The summed E-state index contributed by atoms with van der Waals surface area (Å²) in [6, 6.07) is 5.31. The van der Waals surface area contributed by atoms with E-state index in [0.717, 1.165) is 43.4 Å². The number of benzene rings is 1. The lowest BCUT2D eigenvalue weighted by molar-refractivity contribution is 0.437. The van der Waals surface area contributed by atoms with E-state index in [-0.39, 0.29) is 0 Å². The first-order valence-electron chi connectivity index (χ1n) is 7.62. The molecule has 2 aromatic rings. The minimum Gasteiger partial charge on any atom is -0.393 e. The molecule has 0 bridgehead atoms. The molecule has 0 unspecified atom stereocenters. The van der Waals surface area contributed by atoms with Crippen LogP contribution >= 0.6 is 23.2 Å². The molecule has 23 heavy (non-hydrogen) atoms. The van der Waals surface area contributed by atoms with Crippen LogP contribution < -0.4 is 16.0 Å². The smallest absolute Gasteiger partial charge is 0.159 e. The van der Waals surface area contributed by atoms with Gasteiger partial charge in [0.15, 0.2) is 11.6 Å². The van der Waals surface area contributed by atoms with Crippen LogP contribution in [0.5, 0.6) is 0 Å². The molecule has 7 heteroatoms. The molecule has 0 amide bonds. The van der Waals surface area contributed by atoms with Crippen molar-refractivity contribution >= 4 is 46.2 Å². The van der Waals surface area contributed by atoms with Gasteiger partial charge in [0.2, 0.25) is 0 Å². The first kappa shape index (κ1) is 16.1. The largest absolute Gasteiger partial charge is 0.393 e. The molecule has 1 aromatic carbocycles. The molecule has 0 atom stereocenters. The number of piperidine rings is 1. The minimum atomic E-state index is 0.481. The third-order valence-corrected chi connectivity index (χ3v) is 4.87. The Balaban J connectivity index is 1.83. The zero-order valence-corrected chi connectivity index (χ0v) is 14.4. The number of nitrogens with two attached hydrogens (primary N) is 1. The Labute approximate surface area is 145 Å². The Kier molecular flexibility index (Phi) is 4.78. The lowest BCUT2D eigenvalue weighted by Crippen LogP contribution is -2.34. The Morgan fingerprint density at radius 1 is 1.17 bits per heavy atom. The summed E-state index contributed by atoms with van der Waals surface area (Å²) >= 11 is 12.0. The van der Waals surface area contributed by atoms with E-state index in [1.54, 1.807) is 12.1 Å². The van der Waals surface area contributed by atoms with Gasteiger partial charge in [0, 0.05) is 18.8 Å². The van der Waals surface area contributed by atoms with E-state index in [1.807, 2.05) is 6.07 Å². The number of rotatable bonds is 3. The second kappa shape index (κ2) is 6.81. The van der Waals surface area contributed by atoms with Crippen molar-refractivity contribution < 1.29 is 0 Å². The standard InChI is InChI=1S/C16H19Cl2N5/c1-10-4-6-23(7-5-10)16-14(19)15(20-9-21-16)22-11-2-3-12(17)13(18)8-11/h2-3,8-10H,4-7,19H2,1H3,(H,20,21,22). The lowest BCUT2D eigenvalue weighted by Gasteiger charge is -2.32. The number of aromatic nitrogens is 2. The highest BCUT2D eigenvalue weighted by atomic mass is 35.5. The van der Waals surface area contributed by atoms with Gasteiger partial charge in [0.05, 0.1) is 10.0 Å². The molecule has 0 saturated carbocycles. The van der Waals surface area contributed by atoms with Crippen molar-refractivity contribution in [2.45, 2.75) is 19.8 Å². The minimum absolute atomic E-state index is 0.481. The maximum atomic E-state index is 6.28. The van der Waals surface area contributed by atoms with Gasteiger partial charge in [0.1, 0.15) is 12.0 Å². The fourth-order valence-electron chi connectivity index (χ4n) is 2.67. The SMILES string of the molecule is CC1CCN(c2ncnc(Nc3ccc(Cl)c(Cl)c3)c2N)CC1.